The smallest absolute Gasteiger partial charge is 0.331 e. The number of esters is 1. The number of thiophene rings is 1. The number of ether oxygens (including phenoxy) is 1. The van der Waals surface area contributed by atoms with E-state index in [4.69, 9.17) is 16.3 Å². The molecular formula is C15H15ClN2O3S. The molecule has 0 aliphatic carbocycles. The summed E-state index contributed by atoms with van der Waals surface area (Å²) in [6, 6.07) is 3.25. The summed E-state index contributed by atoms with van der Waals surface area (Å²) >= 11 is 6.92. The predicted octanol–water partition coefficient (Wildman–Crippen LogP) is 3.19. The second-order valence-corrected chi connectivity index (χ2v) is 6.39. The maximum atomic E-state index is 11.8. The van der Waals surface area contributed by atoms with Gasteiger partial charge < -0.3 is 4.74 Å². The van der Waals surface area contributed by atoms with Crippen LogP contribution < -0.4 is 0 Å². The monoisotopic (exact) mass is 338 g/mol. The molecule has 2 aromatic heterocycles. The van der Waals surface area contributed by atoms with Gasteiger partial charge in [-0.3, -0.25) is 9.48 Å². The first-order valence-electron chi connectivity index (χ1n) is 6.52. The molecule has 5 nitrogen and oxygen atoms in total. The van der Waals surface area contributed by atoms with Crippen LogP contribution in [0.3, 0.4) is 0 Å². The zero-order valence-corrected chi connectivity index (χ0v) is 14.0. The Morgan fingerprint density at radius 3 is 2.68 bits per heavy atom. The lowest BCUT2D eigenvalue weighted by Crippen LogP contribution is -2.11. The third-order valence-electron chi connectivity index (χ3n) is 3.14. The molecule has 0 aliphatic heterocycles. The Kier molecular flexibility index (Phi) is 5.15. The standard InChI is InChI=1S/C15H15ClN2O3S/c1-9-11(10(2)18(3)17-9)4-7-15(20)21-8-12(19)13-5-6-14(16)22-13/h4-7H,8H2,1-3H3/b7-4-. The average molecular weight is 339 g/mol. The zero-order valence-electron chi connectivity index (χ0n) is 12.4. The minimum Gasteiger partial charge on any atom is -0.454 e. The van der Waals surface area contributed by atoms with Crippen molar-refractivity contribution < 1.29 is 14.3 Å². The third-order valence-corrected chi connectivity index (χ3v) is 4.42. The van der Waals surface area contributed by atoms with Crippen LogP contribution in [-0.2, 0) is 16.6 Å². The summed E-state index contributed by atoms with van der Waals surface area (Å²) in [4.78, 5) is 23.9. The van der Waals surface area contributed by atoms with Crippen molar-refractivity contribution in [2.24, 2.45) is 7.05 Å². The average Bonchev–Trinajstić information content (AvgIpc) is 3.00. The number of hydrogen-bond acceptors (Lipinski definition) is 5. The molecule has 0 fully saturated rings. The molecule has 0 unspecified atom stereocenters. The normalized spacial score (nSPS) is 11.1. The minimum absolute atomic E-state index is 0.271. The molecule has 7 heteroatoms. The largest absolute Gasteiger partial charge is 0.454 e. The van der Waals surface area contributed by atoms with Crippen LogP contribution in [-0.4, -0.2) is 28.1 Å². The first-order chi connectivity index (χ1) is 10.4. The molecule has 0 bridgehead atoms. The fraction of sp³-hybridized carbons (Fsp3) is 0.267. The Hall–Kier alpha value is -1.92. The number of carbonyl (C=O) groups is 2. The maximum absolute atomic E-state index is 11.8. The quantitative estimate of drug-likeness (QED) is 0.477. The van der Waals surface area contributed by atoms with Crippen LogP contribution in [0.25, 0.3) is 6.08 Å². The Bertz CT molecular complexity index is 746. The van der Waals surface area contributed by atoms with E-state index in [0.29, 0.717) is 9.21 Å². The van der Waals surface area contributed by atoms with E-state index in [0.717, 1.165) is 28.3 Å². The van der Waals surface area contributed by atoms with Crippen LogP contribution in [0.2, 0.25) is 4.34 Å². The molecule has 22 heavy (non-hydrogen) atoms. The molecule has 0 saturated heterocycles. The van der Waals surface area contributed by atoms with Crippen molar-refractivity contribution in [2.75, 3.05) is 6.61 Å². The van der Waals surface area contributed by atoms with E-state index in [-0.39, 0.29) is 12.4 Å². The Morgan fingerprint density at radius 1 is 1.41 bits per heavy atom. The second kappa shape index (κ2) is 6.89. The molecule has 2 heterocycles. The molecular weight excluding hydrogens is 324 g/mol. The number of rotatable bonds is 5. The van der Waals surface area contributed by atoms with E-state index in [1.807, 2.05) is 20.9 Å². The van der Waals surface area contributed by atoms with Gasteiger partial charge in [0.15, 0.2) is 6.61 Å². The van der Waals surface area contributed by atoms with Gasteiger partial charge in [-0.1, -0.05) is 11.6 Å². The van der Waals surface area contributed by atoms with Crippen molar-refractivity contribution in [3.8, 4) is 0 Å². The summed E-state index contributed by atoms with van der Waals surface area (Å²) in [5, 5.41) is 4.25. The van der Waals surface area contributed by atoms with Gasteiger partial charge in [0.2, 0.25) is 5.78 Å². The molecule has 116 valence electrons. The highest BCUT2D eigenvalue weighted by molar-refractivity contribution is 7.18. The van der Waals surface area contributed by atoms with Crippen molar-refractivity contribution >= 4 is 40.8 Å². The summed E-state index contributed by atoms with van der Waals surface area (Å²) in [6.45, 7) is 3.47. The predicted molar refractivity (Wildman–Crippen MR) is 86.3 cm³/mol. The zero-order chi connectivity index (χ0) is 16.3. The molecule has 2 rings (SSSR count). The van der Waals surface area contributed by atoms with Crippen LogP contribution in [0.15, 0.2) is 18.2 Å². The highest BCUT2D eigenvalue weighted by atomic mass is 35.5. The number of Topliss-reactive ketones (excluding diaryl/α,β-unsaturated/α-hetero) is 1. The molecule has 0 amide bonds. The SMILES string of the molecule is Cc1nn(C)c(C)c1/C=C\C(=O)OCC(=O)c1ccc(Cl)s1. The van der Waals surface area contributed by atoms with Crippen LogP contribution in [0.4, 0.5) is 0 Å². The van der Waals surface area contributed by atoms with Gasteiger partial charge in [0.1, 0.15) is 0 Å². The van der Waals surface area contributed by atoms with Gasteiger partial charge in [-0.05, 0) is 32.1 Å². The molecule has 0 aliphatic rings. The minimum atomic E-state index is -0.571. The lowest BCUT2D eigenvalue weighted by molar-refractivity contribution is -0.136. The van der Waals surface area contributed by atoms with Gasteiger partial charge >= 0.3 is 5.97 Å². The number of hydrogen-bond donors (Lipinski definition) is 0. The summed E-state index contributed by atoms with van der Waals surface area (Å²) in [6.07, 6.45) is 2.94. The van der Waals surface area contributed by atoms with Crippen molar-refractivity contribution in [1.82, 2.24) is 9.78 Å². The van der Waals surface area contributed by atoms with Gasteiger partial charge in [-0.25, -0.2) is 4.79 Å². The van der Waals surface area contributed by atoms with E-state index in [9.17, 15) is 9.59 Å². The lowest BCUT2D eigenvalue weighted by atomic mass is 10.2. The van der Waals surface area contributed by atoms with Crippen molar-refractivity contribution in [2.45, 2.75) is 13.8 Å². The first kappa shape index (κ1) is 16.5. The number of aromatic nitrogens is 2. The van der Waals surface area contributed by atoms with E-state index in [1.165, 1.54) is 6.08 Å². The van der Waals surface area contributed by atoms with Crippen LogP contribution in [0.1, 0.15) is 26.6 Å². The number of halogens is 1. The van der Waals surface area contributed by atoms with E-state index < -0.39 is 5.97 Å². The fourth-order valence-electron chi connectivity index (χ4n) is 1.90. The van der Waals surface area contributed by atoms with Gasteiger partial charge in [-0.15, -0.1) is 11.3 Å². The fourth-order valence-corrected chi connectivity index (χ4v) is 2.87. The summed E-state index contributed by atoms with van der Waals surface area (Å²) in [7, 11) is 1.84. The van der Waals surface area contributed by atoms with Crippen molar-refractivity contribution in [3.63, 3.8) is 0 Å². The highest BCUT2D eigenvalue weighted by Crippen LogP contribution is 2.21. The van der Waals surface area contributed by atoms with Crippen LogP contribution >= 0.6 is 22.9 Å². The molecule has 0 atom stereocenters. The summed E-state index contributed by atoms with van der Waals surface area (Å²) in [5.74, 6) is -0.842. The third kappa shape index (κ3) is 3.84. The number of aryl methyl sites for hydroxylation is 2. The highest BCUT2D eigenvalue weighted by Gasteiger charge is 2.11. The Morgan fingerprint density at radius 2 is 2.14 bits per heavy atom. The van der Waals surface area contributed by atoms with Gasteiger partial charge in [-0.2, -0.15) is 5.10 Å². The molecule has 0 aromatic carbocycles. The molecule has 0 radical (unpaired) electrons. The lowest BCUT2D eigenvalue weighted by Gasteiger charge is -1.99. The van der Waals surface area contributed by atoms with E-state index in [2.05, 4.69) is 5.10 Å². The Balaban J connectivity index is 1.93. The molecule has 2 aromatic rings. The number of ketones is 1. The first-order valence-corrected chi connectivity index (χ1v) is 7.71. The van der Waals surface area contributed by atoms with Gasteiger partial charge in [0.25, 0.3) is 0 Å². The van der Waals surface area contributed by atoms with Crippen LogP contribution in [0.5, 0.6) is 0 Å². The Labute approximate surface area is 137 Å². The van der Waals surface area contributed by atoms with Crippen molar-refractivity contribution in [1.29, 1.82) is 0 Å². The van der Waals surface area contributed by atoms with E-state index >= 15 is 0 Å². The van der Waals surface area contributed by atoms with Crippen molar-refractivity contribution in [3.05, 3.63) is 44.4 Å². The summed E-state index contributed by atoms with van der Waals surface area (Å²) < 4.78 is 7.20. The van der Waals surface area contributed by atoms with Crippen LogP contribution in [0, 0.1) is 13.8 Å². The maximum Gasteiger partial charge on any atom is 0.331 e. The number of carbonyl (C=O) groups excluding carboxylic acids is 2. The van der Waals surface area contributed by atoms with E-state index in [1.54, 1.807) is 22.9 Å². The topological polar surface area (TPSA) is 61.2 Å². The van der Waals surface area contributed by atoms with Gasteiger partial charge in [0, 0.05) is 24.4 Å². The molecule has 0 spiro atoms. The number of nitrogens with zero attached hydrogens (tertiary/aromatic N) is 2. The second-order valence-electron chi connectivity index (χ2n) is 4.68. The summed E-state index contributed by atoms with van der Waals surface area (Å²) in [5.41, 5.74) is 2.65. The molecule has 0 saturated carbocycles. The van der Waals surface area contributed by atoms with Gasteiger partial charge in [0.05, 0.1) is 14.9 Å². The molecule has 0 N–H and O–H groups in total.